The molecular weight excluding hydrogens is 268 g/mol. The first-order valence-corrected chi connectivity index (χ1v) is 7.13. The Morgan fingerprint density at radius 1 is 1.33 bits per heavy atom. The number of fused-ring (bicyclic) bond motifs is 1. The lowest BCUT2D eigenvalue weighted by Gasteiger charge is -2.23. The maximum absolute atomic E-state index is 11.8. The fourth-order valence-electron chi connectivity index (χ4n) is 2.32. The minimum Gasteiger partial charge on any atom is -0.465 e. The van der Waals surface area contributed by atoms with Crippen LogP contribution >= 0.6 is 0 Å². The van der Waals surface area contributed by atoms with Crippen molar-refractivity contribution in [2.24, 2.45) is 0 Å². The van der Waals surface area contributed by atoms with E-state index in [1.165, 1.54) is 0 Å². The molecule has 1 aliphatic carbocycles. The SMILES string of the molecule is CCOC(=O)CN(c1nc2ccccc2nc1N)C1CC1. The molecule has 1 aromatic carbocycles. The van der Waals surface area contributed by atoms with Gasteiger partial charge in [-0.15, -0.1) is 0 Å². The van der Waals surface area contributed by atoms with Crippen molar-refractivity contribution in [3.05, 3.63) is 24.3 Å². The van der Waals surface area contributed by atoms with Gasteiger partial charge in [-0.25, -0.2) is 9.97 Å². The van der Waals surface area contributed by atoms with Crippen LogP contribution in [0.3, 0.4) is 0 Å². The highest BCUT2D eigenvalue weighted by Gasteiger charge is 2.33. The monoisotopic (exact) mass is 286 g/mol. The van der Waals surface area contributed by atoms with Crippen LogP contribution in [0.2, 0.25) is 0 Å². The molecule has 6 heteroatoms. The summed E-state index contributed by atoms with van der Waals surface area (Å²) in [6, 6.07) is 7.86. The summed E-state index contributed by atoms with van der Waals surface area (Å²) >= 11 is 0. The van der Waals surface area contributed by atoms with E-state index in [9.17, 15) is 4.79 Å². The normalized spacial score (nSPS) is 14.1. The van der Waals surface area contributed by atoms with E-state index >= 15 is 0 Å². The summed E-state index contributed by atoms with van der Waals surface area (Å²) in [6.07, 6.45) is 2.07. The fraction of sp³-hybridized carbons (Fsp3) is 0.400. The number of esters is 1. The molecule has 110 valence electrons. The third kappa shape index (κ3) is 2.89. The quantitative estimate of drug-likeness (QED) is 0.843. The minimum absolute atomic E-state index is 0.162. The van der Waals surface area contributed by atoms with Gasteiger partial charge in [0.15, 0.2) is 11.6 Å². The molecule has 21 heavy (non-hydrogen) atoms. The fourth-order valence-corrected chi connectivity index (χ4v) is 2.32. The summed E-state index contributed by atoms with van der Waals surface area (Å²) in [5.74, 6) is 0.660. The van der Waals surface area contributed by atoms with Crippen LogP contribution in [0.1, 0.15) is 19.8 Å². The third-order valence-electron chi connectivity index (χ3n) is 3.44. The predicted molar refractivity (Wildman–Crippen MR) is 81.0 cm³/mol. The molecule has 0 spiro atoms. The van der Waals surface area contributed by atoms with Crippen LogP contribution in [0.5, 0.6) is 0 Å². The molecule has 0 radical (unpaired) electrons. The molecule has 0 bridgehead atoms. The van der Waals surface area contributed by atoms with Gasteiger partial charge >= 0.3 is 5.97 Å². The van der Waals surface area contributed by atoms with Crippen molar-refractivity contribution in [2.75, 3.05) is 23.8 Å². The molecule has 1 aliphatic rings. The smallest absolute Gasteiger partial charge is 0.325 e. The Hall–Kier alpha value is -2.37. The Bertz CT molecular complexity index is 670. The Morgan fingerprint density at radius 3 is 2.62 bits per heavy atom. The Kier molecular flexibility index (Phi) is 3.60. The lowest BCUT2D eigenvalue weighted by molar-refractivity contribution is -0.141. The van der Waals surface area contributed by atoms with Gasteiger partial charge in [0.25, 0.3) is 0 Å². The van der Waals surface area contributed by atoms with Gasteiger partial charge < -0.3 is 15.4 Å². The van der Waals surface area contributed by atoms with Crippen LogP contribution in [0, 0.1) is 0 Å². The van der Waals surface area contributed by atoms with E-state index in [4.69, 9.17) is 10.5 Å². The van der Waals surface area contributed by atoms with E-state index in [1.807, 2.05) is 29.2 Å². The van der Waals surface area contributed by atoms with E-state index in [1.54, 1.807) is 6.92 Å². The summed E-state index contributed by atoms with van der Waals surface area (Å²) in [7, 11) is 0. The minimum atomic E-state index is -0.265. The Balaban J connectivity index is 1.95. The largest absolute Gasteiger partial charge is 0.465 e. The maximum Gasteiger partial charge on any atom is 0.325 e. The van der Waals surface area contributed by atoms with Crippen molar-refractivity contribution in [1.29, 1.82) is 0 Å². The van der Waals surface area contributed by atoms with Gasteiger partial charge in [-0.3, -0.25) is 4.79 Å². The first-order valence-electron chi connectivity index (χ1n) is 7.13. The Labute approximate surface area is 122 Å². The predicted octanol–water partition coefficient (Wildman–Crippen LogP) is 1.74. The number of carbonyl (C=O) groups is 1. The molecule has 0 aliphatic heterocycles. The van der Waals surface area contributed by atoms with E-state index in [0.717, 1.165) is 23.9 Å². The standard InChI is InChI=1S/C15H18N4O2/c1-2-21-13(20)9-19(10-7-8-10)15-14(16)17-11-5-3-4-6-12(11)18-15/h3-6,10H,2,7-9H2,1H3,(H2,16,17). The lowest BCUT2D eigenvalue weighted by Crippen LogP contribution is -2.34. The molecule has 0 saturated heterocycles. The summed E-state index contributed by atoms with van der Waals surface area (Å²) in [5.41, 5.74) is 7.56. The van der Waals surface area contributed by atoms with Crippen LogP contribution < -0.4 is 10.6 Å². The molecule has 1 aromatic heterocycles. The number of carbonyl (C=O) groups excluding carboxylic acids is 1. The van der Waals surface area contributed by atoms with Crippen molar-refractivity contribution in [3.8, 4) is 0 Å². The Morgan fingerprint density at radius 2 is 2.00 bits per heavy atom. The summed E-state index contributed by atoms with van der Waals surface area (Å²) in [6.45, 7) is 2.33. The van der Waals surface area contributed by atoms with E-state index in [-0.39, 0.29) is 12.5 Å². The van der Waals surface area contributed by atoms with Crippen LogP contribution in [0.25, 0.3) is 11.0 Å². The number of nitrogen functional groups attached to an aromatic ring is 1. The molecule has 3 rings (SSSR count). The molecule has 0 unspecified atom stereocenters. The van der Waals surface area contributed by atoms with E-state index in [2.05, 4.69) is 9.97 Å². The van der Waals surface area contributed by atoms with Crippen LogP contribution in [0.15, 0.2) is 24.3 Å². The van der Waals surface area contributed by atoms with Crippen LogP contribution in [-0.2, 0) is 9.53 Å². The second-order valence-corrected chi connectivity index (χ2v) is 5.09. The lowest BCUT2D eigenvalue weighted by atomic mass is 10.3. The van der Waals surface area contributed by atoms with Gasteiger partial charge in [0.05, 0.1) is 17.6 Å². The second-order valence-electron chi connectivity index (χ2n) is 5.09. The van der Waals surface area contributed by atoms with Gasteiger partial charge in [0, 0.05) is 6.04 Å². The van der Waals surface area contributed by atoms with Crippen molar-refractivity contribution in [1.82, 2.24) is 9.97 Å². The number of nitrogens with two attached hydrogens (primary N) is 1. The molecule has 1 fully saturated rings. The highest BCUT2D eigenvalue weighted by atomic mass is 16.5. The number of rotatable bonds is 5. The number of aromatic nitrogens is 2. The zero-order valence-corrected chi connectivity index (χ0v) is 12.0. The average molecular weight is 286 g/mol. The molecule has 2 aromatic rings. The number of hydrogen-bond donors (Lipinski definition) is 1. The molecule has 1 saturated carbocycles. The number of hydrogen-bond acceptors (Lipinski definition) is 6. The molecule has 6 nitrogen and oxygen atoms in total. The number of anilines is 2. The topological polar surface area (TPSA) is 81.3 Å². The third-order valence-corrected chi connectivity index (χ3v) is 3.44. The van der Waals surface area contributed by atoms with Gasteiger partial charge in [0.2, 0.25) is 0 Å². The molecular formula is C15H18N4O2. The van der Waals surface area contributed by atoms with E-state index < -0.39 is 0 Å². The highest BCUT2D eigenvalue weighted by Crippen LogP contribution is 2.33. The zero-order valence-electron chi connectivity index (χ0n) is 12.0. The summed E-state index contributed by atoms with van der Waals surface area (Å²) < 4.78 is 5.03. The first-order chi connectivity index (χ1) is 10.2. The van der Waals surface area contributed by atoms with Gasteiger partial charge in [-0.1, -0.05) is 12.1 Å². The van der Waals surface area contributed by atoms with Crippen molar-refractivity contribution in [2.45, 2.75) is 25.8 Å². The van der Waals surface area contributed by atoms with E-state index in [0.29, 0.717) is 24.3 Å². The molecule has 0 atom stereocenters. The van der Waals surface area contributed by atoms with Crippen LogP contribution in [0.4, 0.5) is 11.6 Å². The van der Waals surface area contributed by atoms with Crippen LogP contribution in [-0.4, -0.2) is 35.1 Å². The van der Waals surface area contributed by atoms with Gasteiger partial charge in [-0.05, 0) is 31.9 Å². The zero-order chi connectivity index (χ0) is 14.8. The highest BCUT2D eigenvalue weighted by molar-refractivity contribution is 5.82. The second kappa shape index (κ2) is 5.55. The molecule has 0 amide bonds. The number of benzene rings is 1. The molecule has 2 N–H and O–H groups in total. The van der Waals surface area contributed by atoms with Crippen molar-refractivity contribution in [3.63, 3.8) is 0 Å². The van der Waals surface area contributed by atoms with Gasteiger partial charge in [0.1, 0.15) is 6.54 Å². The first kappa shape index (κ1) is 13.6. The summed E-state index contributed by atoms with van der Waals surface area (Å²) in [4.78, 5) is 22.7. The number of nitrogens with zero attached hydrogens (tertiary/aromatic N) is 3. The van der Waals surface area contributed by atoms with Crippen molar-refractivity contribution < 1.29 is 9.53 Å². The summed E-state index contributed by atoms with van der Waals surface area (Å²) in [5, 5.41) is 0. The maximum atomic E-state index is 11.8. The number of para-hydroxylation sites is 2. The van der Waals surface area contributed by atoms with Crippen molar-refractivity contribution >= 4 is 28.6 Å². The average Bonchev–Trinajstić information content (AvgIpc) is 3.29. The molecule has 1 heterocycles. The van der Waals surface area contributed by atoms with Gasteiger partial charge in [-0.2, -0.15) is 0 Å². The number of ether oxygens (including phenoxy) is 1.